The Morgan fingerprint density at radius 1 is 0.917 bits per heavy atom. The second kappa shape index (κ2) is 16.5. The van der Waals surface area contributed by atoms with Crippen molar-refractivity contribution in [3.05, 3.63) is 94.5 Å². The number of rotatable bonds is 12. The number of nitrogens with one attached hydrogen (secondary N) is 3. The van der Waals surface area contributed by atoms with Gasteiger partial charge in [0.05, 0.1) is 34.7 Å². The van der Waals surface area contributed by atoms with Crippen molar-refractivity contribution in [1.82, 2.24) is 10.6 Å². The fourth-order valence-electron chi connectivity index (χ4n) is 5.33. The highest BCUT2D eigenvalue weighted by molar-refractivity contribution is 8.25. The summed E-state index contributed by atoms with van der Waals surface area (Å²) < 4.78 is 103. The molecule has 48 heavy (non-hydrogen) atoms. The Labute approximate surface area is 282 Å². The van der Waals surface area contributed by atoms with Gasteiger partial charge in [-0.1, -0.05) is 30.3 Å². The van der Waals surface area contributed by atoms with E-state index in [4.69, 9.17) is 0 Å². The van der Waals surface area contributed by atoms with Crippen LogP contribution in [0.1, 0.15) is 52.4 Å². The van der Waals surface area contributed by atoms with Crippen LogP contribution in [0.2, 0.25) is 0 Å². The Morgan fingerprint density at radius 2 is 1.56 bits per heavy atom. The zero-order valence-corrected chi connectivity index (χ0v) is 27.6. The molecule has 0 saturated carbocycles. The van der Waals surface area contributed by atoms with E-state index in [2.05, 4.69) is 16.0 Å². The van der Waals surface area contributed by atoms with E-state index >= 15 is 0 Å². The Morgan fingerprint density at radius 3 is 2.15 bits per heavy atom. The lowest BCUT2D eigenvalue weighted by Gasteiger charge is -2.47. The molecule has 3 aromatic carbocycles. The minimum Gasteiger partial charge on any atom is -0.390 e. The zero-order chi connectivity index (χ0) is 34.4. The summed E-state index contributed by atoms with van der Waals surface area (Å²) in [6.45, 7) is 2.09. The number of halogens is 7. The summed E-state index contributed by atoms with van der Waals surface area (Å²) in [5.74, 6) is -0.372. The van der Waals surface area contributed by atoms with Crippen LogP contribution in [0.25, 0.3) is 0 Å². The van der Waals surface area contributed by atoms with Gasteiger partial charge in [-0.25, -0.2) is 0 Å². The summed E-state index contributed by atoms with van der Waals surface area (Å²) in [6, 6.07) is 14.1. The number of hydrogen-bond donors (Lipinski definition) is 6. The monoisotopic (exact) mass is 724 g/mol. The van der Waals surface area contributed by atoms with Crippen LogP contribution in [0.15, 0.2) is 66.7 Å². The minimum atomic E-state index is -4.99. The van der Waals surface area contributed by atoms with E-state index in [1.807, 2.05) is 6.92 Å². The summed E-state index contributed by atoms with van der Waals surface area (Å²) in [6.07, 6.45) is -9.74. The van der Waals surface area contributed by atoms with Gasteiger partial charge in [0, 0.05) is 37.4 Å². The molecule has 0 aromatic heterocycles. The molecule has 1 heterocycles. The van der Waals surface area contributed by atoms with Gasteiger partial charge < -0.3 is 21.1 Å². The molecular weight excluding hydrogens is 686 g/mol. The van der Waals surface area contributed by atoms with Crippen molar-refractivity contribution in [2.24, 2.45) is 0 Å². The Bertz CT molecular complexity index is 1480. The van der Waals surface area contributed by atoms with Crippen LogP contribution in [0.5, 0.6) is 0 Å². The van der Waals surface area contributed by atoms with Crippen molar-refractivity contribution in [2.45, 2.75) is 57.2 Å². The predicted molar refractivity (Wildman–Crippen MR) is 178 cm³/mol. The topological polar surface area (TPSA) is 117 Å². The van der Waals surface area contributed by atoms with Gasteiger partial charge in [0.15, 0.2) is 0 Å². The van der Waals surface area contributed by atoms with Gasteiger partial charge in [0.1, 0.15) is 0 Å². The van der Waals surface area contributed by atoms with Gasteiger partial charge in [-0.05, 0) is 73.7 Å². The third kappa shape index (κ3) is 10.6. The maximum atomic E-state index is 13.6. The van der Waals surface area contributed by atoms with Crippen LogP contribution in [0.4, 0.5) is 37.7 Å². The van der Waals surface area contributed by atoms with Gasteiger partial charge in [0.25, 0.3) is 5.91 Å². The summed E-state index contributed by atoms with van der Waals surface area (Å²) >= 11 is 0. The van der Waals surface area contributed by atoms with Crippen LogP contribution in [0, 0.1) is 0 Å². The molecule has 4 rings (SSSR count). The molecule has 1 aliphatic rings. The molecule has 0 spiro atoms. The van der Waals surface area contributed by atoms with Gasteiger partial charge in [-0.3, -0.25) is 18.2 Å². The molecule has 1 saturated heterocycles. The second-order valence-electron chi connectivity index (χ2n) is 11.3. The van der Waals surface area contributed by atoms with Crippen molar-refractivity contribution < 1.29 is 45.3 Å². The van der Waals surface area contributed by atoms with Crippen molar-refractivity contribution >= 4 is 40.5 Å². The van der Waals surface area contributed by atoms with E-state index in [9.17, 15) is 45.3 Å². The van der Waals surface area contributed by atoms with Crippen molar-refractivity contribution in [3.63, 3.8) is 0 Å². The number of carbonyl (C=O) groups excluding carboxylic acids is 1. The third-order valence-electron chi connectivity index (χ3n) is 7.64. The highest BCUT2D eigenvalue weighted by Gasteiger charge is 2.37. The molecule has 1 amide bonds. The first kappa shape index (κ1) is 39.2. The van der Waals surface area contributed by atoms with Crippen LogP contribution >= 0.6 is 23.2 Å². The fourth-order valence-corrected chi connectivity index (χ4v) is 7.01. The number of carbonyl (C=O) groups is 1. The Balaban J connectivity index is 0.00000625. The van der Waals surface area contributed by atoms with Crippen LogP contribution in [-0.2, 0) is 25.3 Å². The highest BCUT2D eigenvalue weighted by Crippen LogP contribution is 2.50. The Hall–Kier alpha value is -3.21. The smallest absolute Gasteiger partial charge is 0.390 e. The quantitative estimate of drug-likeness (QED) is 0.108. The van der Waals surface area contributed by atoms with Crippen LogP contribution < -0.4 is 20.3 Å². The standard InChI is InChI=1S/C32H38F6N4O4S.ClH/c1-2-40-26-15-23(16-27(18-26)42-10-6-7-11-47(42,45)46)30(44)41-28(14-21-8-4-3-5-9-21)29(43)20-39-19-22-12-24(31(33,34)35)17-25(13-22)32(36,37)38;/h3-5,8-9,12-13,15-18,28-29,39-40,43,45-46H,2,6-7,10-11,14,19-20H2,1H3,(H,41,44);1H/t28-,29+;/m0./s1. The molecule has 8 nitrogen and oxygen atoms in total. The van der Waals surface area contributed by atoms with E-state index in [0.29, 0.717) is 43.0 Å². The number of alkyl halides is 6. The zero-order valence-electron chi connectivity index (χ0n) is 25.9. The number of amides is 1. The third-order valence-corrected chi connectivity index (χ3v) is 9.58. The number of aliphatic hydroxyl groups is 1. The van der Waals surface area contributed by atoms with E-state index in [1.165, 1.54) is 10.4 Å². The SMILES string of the molecule is CCNc1cc(C(=O)N[C@@H](Cc2ccccc2)[C@H](O)CNCc2cc(C(F)(F)F)cc(C(F)(F)F)c2)cc(N2CCCCS2(O)O)c1.Cl. The maximum Gasteiger partial charge on any atom is 0.416 e. The van der Waals surface area contributed by atoms with Crippen LogP contribution in [-0.4, -0.2) is 57.7 Å². The average molecular weight is 725 g/mol. The molecule has 266 valence electrons. The normalized spacial score (nSPS) is 16.8. The molecule has 0 unspecified atom stereocenters. The molecule has 3 aromatic rings. The van der Waals surface area contributed by atoms with Gasteiger partial charge in [-0.15, -0.1) is 23.2 Å². The van der Waals surface area contributed by atoms with Crippen molar-refractivity contribution in [2.75, 3.05) is 35.0 Å². The van der Waals surface area contributed by atoms with Gasteiger partial charge in [-0.2, -0.15) is 26.3 Å². The highest BCUT2D eigenvalue weighted by atomic mass is 35.5. The van der Waals surface area contributed by atoms with Gasteiger partial charge >= 0.3 is 12.4 Å². The molecular formula is C32H39ClF6N4O4S. The molecule has 2 atom stereocenters. The summed E-state index contributed by atoms with van der Waals surface area (Å²) in [4.78, 5) is 13.6. The molecule has 1 aliphatic heterocycles. The number of nitrogens with zero attached hydrogens (tertiary/aromatic N) is 1. The first-order valence-electron chi connectivity index (χ1n) is 15.0. The van der Waals surface area contributed by atoms with Crippen molar-refractivity contribution in [3.8, 4) is 0 Å². The number of aliphatic hydroxyl groups excluding tert-OH is 1. The molecule has 6 N–H and O–H groups in total. The lowest BCUT2D eigenvalue weighted by Crippen LogP contribution is -2.48. The summed E-state index contributed by atoms with van der Waals surface area (Å²) in [5, 5.41) is 19.8. The Kier molecular flexibility index (Phi) is 13.5. The molecule has 16 heteroatoms. The summed E-state index contributed by atoms with van der Waals surface area (Å²) in [7, 11) is -3.08. The van der Waals surface area contributed by atoms with E-state index in [1.54, 1.807) is 42.5 Å². The predicted octanol–water partition coefficient (Wildman–Crippen LogP) is 7.34. The van der Waals surface area contributed by atoms with E-state index in [0.717, 1.165) is 12.0 Å². The lowest BCUT2D eigenvalue weighted by molar-refractivity contribution is -0.143. The fraction of sp³-hybridized carbons (Fsp3) is 0.406. The number of benzene rings is 3. The van der Waals surface area contributed by atoms with Crippen molar-refractivity contribution in [1.29, 1.82) is 0 Å². The minimum absolute atomic E-state index is 0. The average Bonchev–Trinajstić information content (AvgIpc) is 3.00. The molecule has 1 fully saturated rings. The second-order valence-corrected chi connectivity index (χ2v) is 13.4. The van der Waals surface area contributed by atoms with E-state index < -0.39 is 58.9 Å². The first-order valence-corrected chi connectivity index (χ1v) is 16.7. The summed E-state index contributed by atoms with van der Waals surface area (Å²) in [5.41, 5.74) is -1.21. The number of hydrogen-bond acceptors (Lipinski definition) is 7. The molecule has 0 bridgehead atoms. The molecule has 0 aliphatic carbocycles. The molecule has 0 radical (unpaired) electrons. The largest absolute Gasteiger partial charge is 0.416 e. The maximum absolute atomic E-state index is 13.6. The number of anilines is 2. The van der Waals surface area contributed by atoms with E-state index in [-0.39, 0.29) is 48.3 Å². The first-order chi connectivity index (χ1) is 22.1. The van der Waals surface area contributed by atoms with Gasteiger partial charge in [0.2, 0.25) is 0 Å². The van der Waals surface area contributed by atoms with Crippen LogP contribution in [0.3, 0.4) is 0 Å². The lowest BCUT2D eigenvalue weighted by atomic mass is 10.00.